The van der Waals surface area contributed by atoms with E-state index in [1.807, 2.05) is 0 Å². The molecule has 1 aromatic rings. The number of phenolic OH excluding ortho intramolecular Hbond substituents is 1. The lowest BCUT2D eigenvalue weighted by Crippen LogP contribution is -2.05. The predicted octanol–water partition coefficient (Wildman–Crippen LogP) is 2.78. The third-order valence-corrected chi connectivity index (χ3v) is 2.54. The SMILES string of the molecule is CCCCCNc1cccc(C(=O)OC)c1O. The number of esters is 1. The Labute approximate surface area is 102 Å². The fourth-order valence-corrected chi connectivity index (χ4v) is 1.56. The zero-order valence-electron chi connectivity index (χ0n) is 10.3. The van der Waals surface area contributed by atoms with Crippen LogP contribution in [-0.4, -0.2) is 24.7 Å². The molecule has 1 rings (SSSR count). The van der Waals surface area contributed by atoms with Gasteiger partial charge in [-0.1, -0.05) is 25.8 Å². The highest BCUT2D eigenvalue weighted by molar-refractivity contribution is 5.94. The van der Waals surface area contributed by atoms with E-state index in [0.717, 1.165) is 25.8 Å². The average molecular weight is 237 g/mol. The highest BCUT2D eigenvalue weighted by Gasteiger charge is 2.13. The number of nitrogens with one attached hydrogen (secondary N) is 1. The number of rotatable bonds is 6. The van der Waals surface area contributed by atoms with E-state index in [9.17, 15) is 9.90 Å². The third kappa shape index (κ3) is 3.66. The summed E-state index contributed by atoms with van der Waals surface area (Å²) in [5.74, 6) is -0.574. The summed E-state index contributed by atoms with van der Waals surface area (Å²) in [6.07, 6.45) is 3.33. The second-order valence-corrected chi connectivity index (χ2v) is 3.83. The molecule has 0 saturated heterocycles. The summed E-state index contributed by atoms with van der Waals surface area (Å²) in [7, 11) is 1.29. The van der Waals surface area contributed by atoms with Gasteiger partial charge in [0.1, 0.15) is 5.56 Å². The van der Waals surface area contributed by atoms with Crippen LogP contribution < -0.4 is 5.32 Å². The topological polar surface area (TPSA) is 58.6 Å². The standard InChI is InChI=1S/C13H19NO3/c1-3-4-5-9-14-11-8-6-7-10(12(11)15)13(16)17-2/h6-8,14-15H,3-5,9H2,1-2H3. The first-order chi connectivity index (χ1) is 8.20. The molecule has 0 aliphatic carbocycles. The number of unbranched alkanes of at least 4 members (excludes halogenated alkanes) is 2. The maximum absolute atomic E-state index is 11.4. The molecule has 0 spiro atoms. The van der Waals surface area contributed by atoms with E-state index < -0.39 is 5.97 Å². The van der Waals surface area contributed by atoms with E-state index in [1.54, 1.807) is 18.2 Å². The van der Waals surface area contributed by atoms with Crippen LogP contribution in [0.2, 0.25) is 0 Å². The van der Waals surface area contributed by atoms with Crippen LogP contribution >= 0.6 is 0 Å². The quantitative estimate of drug-likeness (QED) is 0.454. The Morgan fingerprint density at radius 2 is 2.18 bits per heavy atom. The molecule has 4 heteroatoms. The van der Waals surface area contributed by atoms with Crippen molar-refractivity contribution in [3.05, 3.63) is 23.8 Å². The number of aromatic hydroxyl groups is 1. The molecule has 0 aliphatic heterocycles. The van der Waals surface area contributed by atoms with Crippen LogP contribution in [0.5, 0.6) is 5.75 Å². The molecular formula is C13H19NO3. The molecule has 0 saturated carbocycles. The zero-order chi connectivity index (χ0) is 12.7. The average Bonchev–Trinajstić information content (AvgIpc) is 2.35. The van der Waals surface area contributed by atoms with E-state index in [2.05, 4.69) is 17.0 Å². The second-order valence-electron chi connectivity index (χ2n) is 3.83. The van der Waals surface area contributed by atoms with Crippen LogP contribution in [0.25, 0.3) is 0 Å². The maximum Gasteiger partial charge on any atom is 0.341 e. The van der Waals surface area contributed by atoms with Crippen LogP contribution in [0.3, 0.4) is 0 Å². The summed E-state index contributed by atoms with van der Waals surface area (Å²) < 4.78 is 4.59. The number of hydrogen-bond donors (Lipinski definition) is 2. The van der Waals surface area contributed by atoms with Gasteiger partial charge in [0.15, 0.2) is 5.75 Å². The smallest absolute Gasteiger partial charge is 0.341 e. The van der Waals surface area contributed by atoms with Crippen molar-refractivity contribution in [2.24, 2.45) is 0 Å². The Hall–Kier alpha value is -1.71. The Kier molecular flexibility index (Phi) is 5.33. The lowest BCUT2D eigenvalue weighted by molar-refractivity contribution is 0.0597. The number of methoxy groups -OCH3 is 1. The number of para-hydroxylation sites is 1. The molecule has 0 unspecified atom stereocenters. The molecule has 0 bridgehead atoms. The summed E-state index contributed by atoms with van der Waals surface area (Å²) in [5, 5.41) is 13.0. The number of anilines is 1. The minimum absolute atomic E-state index is 0.0455. The Morgan fingerprint density at radius 1 is 1.41 bits per heavy atom. The van der Waals surface area contributed by atoms with Gasteiger partial charge in [-0.05, 0) is 18.6 Å². The molecule has 2 N–H and O–H groups in total. The summed E-state index contributed by atoms with van der Waals surface area (Å²) in [4.78, 5) is 11.4. The fraction of sp³-hybridized carbons (Fsp3) is 0.462. The molecular weight excluding hydrogens is 218 g/mol. The summed E-state index contributed by atoms with van der Waals surface area (Å²) in [5.41, 5.74) is 0.761. The normalized spacial score (nSPS) is 10.0. The van der Waals surface area contributed by atoms with Crippen LogP contribution in [-0.2, 0) is 4.74 Å². The van der Waals surface area contributed by atoms with Crippen molar-refractivity contribution in [1.29, 1.82) is 0 Å². The van der Waals surface area contributed by atoms with E-state index in [4.69, 9.17) is 0 Å². The van der Waals surface area contributed by atoms with Gasteiger partial charge in [0.05, 0.1) is 12.8 Å². The van der Waals surface area contributed by atoms with Gasteiger partial charge in [-0.15, -0.1) is 0 Å². The van der Waals surface area contributed by atoms with Crippen molar-refractivity contribution in [3.8, 4) is 5.75 Å². The third-order valence-electron chi connectivity index (χ3n) is 2.54. The van der Waals surface area contributed by atoms with Gasteiger partial charge in [-0.2, -0.15) is 0 Å². The van der Waals surface area contributed by atoms with Gasteiger partial charge in [0.2, 0.25) is 0 Å². The van der Waals surface area contributed by atoms with Crippen LogP contribution in [0.1, 0.15) is 36.5 Å². The molecule has 0 aliphatic rings. The minimum Gasteiger partial charge on any atom is -0.505 e. The molecule has 1 aromatic carbocycles. The monoisotopic (exact) mass is 237 g/mol. The van der Waals surface area contributed by atoms with Gasteiger partial charge in [0.25, 0.3) is 0 Å². The van der Waals surface area contributed by atoms with Crippen LogP contribution in [0.15, 0.2) is 18.2 Å². The van der Waals surface area contributed by atoms with Gasteiger partial charge in [-0.3, -0.25) is 0 Å². The molecule has 94 valence electrons. The first kappa shape index (κ1) is 13.4. The van der Waals surface area contributed by atoms with Crippen molar-refractivity contribution in [2.45, 2.75) is 26.2 Å². The summed E-state index contributed by atoms with van der Waals surface area (Å²) in [6, 6.07) is 5.00. The molecule has 0 radical (unpaired) electrons. The number of ether oxygens (including phenoxy) is 1. The lowest BCUT2D eigenvalue weighted by atomic mass is 10.1. The van der Waals surface area contributed by atoms with Crippen molar-refractivity contribution in [1.82, 2.24) is 0 Å². The Balaban J connectivity index is 2.70. The van der Waals surface area contributed by atoms with E-state index in [-0.39, 0.29) is 11.3 Å². The number of hydrogen-bond acceptors (Lipinski definition) is 4. The van der Waals surface area contributed by atoms with Crippen molar-refractivity contribution in [3.63, 3.8) is 0 Å². The first-order valence-electron chi connectivity index (χ1n) is 5.84. The molecule has 0 aromatic heterocycles. The number of benzene rings is 1. The number of carbonyl (C=O) groups excluding carboxylic acids is 1. The lowest BCUT2D eigenvalue weighted by Gasteiger charge is -2.10. The summed E-state index contributed by atoms with van der Waals surface area (Å²) in [6.45, 7) is 2.92. The molecule has 0 atom stereocenters. The maximum atomic E-state index is 11.4. The van der Waals surface area contributed by atoms with E-state index in [1.165, 1.54) is 7.11 Å². The molecule has 0 heterocycles. The first-order valence-corrected chi connectivity index (χ1v) is 5.84. The highest BCUT2D eigenvalue weighted by atomic mass is 16.5. The molecule has 0 fully saturated rings. The van der Waals surface area contributed by atoms with Crippen LogP contribution in [0, 0.1) is 0 Å². The van der Waals surface area contributed by atoms with Crippen molar-refractivity contribution in [2.75, 3.05) is 19.0 Å². The van der Waals surface area contributed by atoms with E-state index >= 15 is 0 Å². The van der Waals surface area contributed by atoms with Crippen LogP contribution in [0.4, 0.5) is 5.69 Å². The summed E-state index contributed by atoms with van der Waals surface area (Å²) >= 11 is 0. The fourth-order valence-electron chi connectivity index (χ4n) is 1.56. The Morgan fingerprint density at radius 3 is 2.82 bits per heavy atom. The number of carbonyl (C=O) groups is 1. The predicted molar refractivity (Wildman–Crippen MR) is 67.5 cm³/mol. The largest absolute Gasteiger partial charge is 0.505 e. The minimum atomic E-state index is -0.528. The van der Waals surface area contributed by atoms with E-state index in [0.29, 0.717) is 5.69 Å². The second kappa shape index (κ2) is 6.78. The van der Waals surface area contributed by atoms with Gasteiger partial charge in [-0.25, -0.2) is 4.79 Å². The van der Waals surface area contributed by atoms with Gasteiger partial charge in [0, 0.05) is 6.54 Å². The zero-order valence-corrected chi connectivity index (χ0v) is 10.3. The molecule has 17 heavy (non-hydrogen) atoms. The highest BCUT2D eigenvalue weighted by Crippen LogP contribution is 2.27. The number of phenols is 1. The Bertz CT molecular complexity index is 377. The van der Waals surface area contributed by atoms with Crippen molar-refractivity contribution >= 4 is 11.7 Å². The van der Waals surface area contributed by atoms with Gasteiger partial charge >= 0.3 is 5.97 Å². The molecule has 4 nitrogen and oxygen atoms in total. The molecule has 0 amide bonds. The van der Waals surface area contributed by atoms with Crippen molar-refractivity contribution < 1.29 is 14.6 Å². The van der Waals surface area contributed by atoms with Gasteiger partial charge < -0.3 is 15.2 Å².